The Morgan fingerprint density at radius 1 is 1.09 bits per heavy atom. The first-order valence-electron chi connectivity index (χ1n) is 11.4. The Kier molecular flexibility index (Phi) is 8.37. The molecule has 2 aliphatic heterocycles. The average Bonchev–Trinajstić information content (AvgIpc) is 3.52. The molecular weight excluding hydrogens is 462 g/mol. The van der Waals surface area contributed by atoms with E-state index in [4.69, 9.17) is 9.47 Å². The summed E-state index contributed by atoms with van der Waals surface area (Å²) in [6, 6.07) is 11.1. The van der Waals surface area contributed by atoms with Crippen molar-refractivity contribution in [2.24, 2.45) is 0 Å². The van der Waals surface area contributed by atoms with E-state index in [9.17, 15) is 13.2 Å². The molecule has 2 fully saturated rings. The number of amides is 1. The fourth-order valence-electron chi connectivity index (χ4n) is 3.93. The van der Waals surface area contributed by atoms with Gasteiger partial charge in [-0.25, -0.2) is 8.42 Å². The first kappa shape index (κ1) is 24.2. The molecule has 180 valence electrons. The van der Waals surface area contributed by atoms with Crippen LogP contribution in [0.3, 0.4) is 0 Å². The molecule has 4 rings (SSSR count). The maximum Gasteiger partial charge on any atom is 0.252 e. The van der Waals surface area contributed by atoms with Crippen LogP contribution in [0, 0.1) is 0 Å². The Hall–Kier alpha value is -1.98. The molecule has 0 spiro atoms. The number of ether oxygens (including phenoxy) is 2. The first-order valence-corrected chi connectivity index (χ1v) is 13.6. The summed E-state index contributed by atoms with van der Waals surface area (Å²) in [6.07, 6.45) is 1.97. The lowest BCUT2D eigenvalue weighted by molar-refractivity contribution is -0.120. The Balaban J connectivity index is 1.23. The standard InChI is InChI=1S/C23H31N3O5S2/c27-22(17-21-6-7-23(32-21)33(28,29)26-8-1-2-9-26)24-18-19-4-3-5-20(16-19)31-15-12-25-10-13-30-14-11-25/h3-7,16H,1-2,8-15,17-18H2,(H,24,27). The fourth-order valence-corrected chi connectivity index (χ4v) is 6.96. The molecule has 2 saturated heterocycles. The molecule has 2 aromatic rings. The van der Waals surface area contributed by atoms with Crippen molar-refractivity contribution in [3.05, 3.63) is 46.8 Å². The predicted octanol–water partition coefficient (Wildman–Crippen LogP) is 2.10. The summed E-state index contributed by atoms with van der Waals surface area (Å²) in [6.45, 7) is 6.43. The third-order valence-electron chi connectivity index (χ3n) is 5.80. The van der Waals surface area contributed by atoms with Gasteiger partial charge in [0.05, 0.1) is 19.6 Å². The van der Waals surface area contributed by atoms with Gasteiger partial charge in [-0.3, -0.25) is 9.69 Å². The van der Waals surface area contributed by atoms with Crippen molar-refractivity contribution in [3.63, 3.8) is 0 Å². The van der Waals surface area contributed by atoms with Gasteiger partial charge in [0.25, 0.3) is 10.0 Å². The number of rotatable bonds is 10. The zero-order valence-electron chi connectivity index (χ0n) is 18.7. The summed E-state index contributed by atoms with van der Waals surface area (Å²) in [7, 11) is -3.43. The molecule has 2 aliphatic rings. The van der Waals surface area contributed by atoms with Crippen LogP contribution in [0.1, 0.15) is 23.3 Å². The maximum atomic E-state index is 12.7. The second kappa shape index (κ2) is 11.4. The van der Waals surface area contributed by atoms with Crippen LogP contribution in [-0.2, 0) is 32.5 Å². The van der Waals surface area contributed by atoms with Gasteiger partial charge in [0, 0.05) is 44.1 Å². The molecule has 0 bridgehead atoms. The smallest absolute Gasteiger partial charge is 0.252 e. The highest BCUT2D eigenvalue weighted by Gasteiger charge is 2.28. The van der Waals surface area contributed by atoms with Gasteiger partial charge < -0.3 is 14.8 Å². The summed E-state index contributed by atoms with van der Waals surface area (Å²) in [4.78, 5) is 15.5. The molecule has 3 heterocycles. The molecule has 0 atom stereocenters. The van der Waals surface area contributed by atoms with Gasteiger partial charge in [0.1, 0.15) is 16.6 Å². The highest BCUT2D eigenvalue weighted by atomic mass is 32.2. The molecule has 0 aliphatic carbocycles. The lowest BCUT2D eigenvalue weighted by Gasteiger charge is -2.26. The number of morpholine rings is 1. The van der Waals surface area contributed by atoms with Gasteiger partial charge in [-0.15, -0.1) is 11.3 Å². The molecule has 1 aromatic carbocycles. The molecule has 1 amide bonds. The third kappa shape index (κ3) is 6.77. The molecule has 0 unspecified atom stereocenters. The minimum Gasteiger partial charge on any atom is -0.492 e. The molecular formula is C23H31N3O5S2. The highest BCUT2D eigenvalue weighted by Crippen LogP contribution is 2.27. The quantitative estimate of drug-likeness (QED) is 0.545. The minimum absolute atomic E-state index is 0.138. The first-order chi connectivity index (χ1) is 16.0. The van der Waals surface area contributed by atoms with Crippen LogP contribution < -0.4 is 10.1 Å². The Labute approximate surface area is 199 Å². The number of carbonyl (C=O) groups excluding carboxylic acids is 1. The lowest BCUT2D eigenvalue weighted by Crippen LogP contribution is -2.38. The van der Waals surface area contributed by atoms with Crippen molar-refractivity contribution in [1.82, 2.24) is 14.5 Å². The van der Waals surface area contributed by atoms with Crippen molar-refractivity contribution < 1.29 is 22.7 Å². The van der Waals surface area contributed by atoms with Crippen molar-refractivity contribution in [3.8, 4) is 5.75 Å². The molecule has 0 saturated carbocycles. The van der Waals surface area contributed by atoms with Crippen LogP contribution in [0.4, 0.5) is 0 Å². The summed E-state index contributed by atoms with van der Waals surface area (Å²) in [5.41, 5.74) is 0.954. The van der Waals surface area contributed by atoms with Gasteiger partial charge in [-0.1, -0.05) is 12.1 Å². The van der Waals surface area contributed by atoms with E-state index in [2.05, 4.69) is 10.2 Å². The zero-order chi connectivity index (χ0) is 23.1. The molecule has 1 N–H and O–H groups in total. The normalized spacial score (nSPS) is 17.8. The topological polar surface area (TPSA) is 88.2 Å². The van der Waals surface area contributed by atoms with E-state index in [-0.39, 0.29) is 12.3 Å². The molecule has 33 heavy (non-hydrogen) atoms. The molecule has 0 radical (unpaired) electrons. The average molecular weight is 494 g/mol. The number of thiophene rings is 1. The minimum atomic E-state index is -3.43. The second-order valence-electron chi connectivity index (χ2n) is 8.24. The fraction of sp³-hybridized carbons (Fsp3) is 0.522. The van der Waals surface area contributed by atoms with Gasteiger partial charge in [0.2, 0.25) is 5.91 Å². The van der Waals surface area contributed by atoms with E-state index in [1.165, 1.54) is 15.6 Å². The van der Waals surface area contributed by atoms with E-state index in [1.807, 2.05) is 24.3 Å². The van der Waals surface area contributed by atoms with Crippen LogP contribution in [0.15, 0.2) is 40.6 Å². The van der Waals surface area contributed by atoms with E-state index in [1.54, 1.807) is 12.1 Å². The van der Waals surface area contributed by atoms with Crippen LogP contribution >= 0.6 is 11.3 Å². The van der Waals surface area contributed by atoms with Gasteiger partial charge in [-0.2, -0.15) is 4.31 Å². The van der Waals surface area contributed by atoms with Crippen LogP contribution in [0.5, 0.6) is 5.75 Å². The van der Waals surface area contributed by atoms with Crippen LogP contribution in [0.25, 0.3) is 0 Å². The number of hydrogen-bond donors (Lipinski definition) is 1. The number of carbonyl (C=O) groups is 1. The summed E-state index contributed by atoms with van der Waals surface area (Å²) in [5, 5.41) is 2.92. The molecule has 10 heteroatoms. The second-order valence-corrected chi connectivity index (χ2v) is 11.6. The van der Waals surface area contributed by atoms with Crippen LogP contribution in [0.2, 0.25) is 0 Å². The number of hydrogen-bond acceptors (Lipinski definition) is 7. The van der Waals surface area contributed by atoms with Crippen molar-refractivity contribution in [2.45, 2.75) is 30.0 Å². The summed E-state index contributed by atoms with van der Waals surface area (Å²) >= 11 is 1.18. The Morgan fingerprint density at radius 2 is 1.88 bits per heavy atom. The van der Waals surface area contributed by atoms with E-state index >= 15 is 0 Å². The van der Waals surface area contributed by atoms with E-state index in [0.29, 0.717) is 30.5 Å². The lowest BCUT2D eigenvalue weighted by atomic mass is 10.2. The summed E-state index contributed by atoms with van der Waals surface area (Å²) < 4.78 is 38.4. The highest BCUT2D eigenvalue weighted by molar-refractivity contribution is 7.91. The SMILES string of the molecule is O=C(Cc1ccc(S(=O)(=O)N2CCCC2)s1)NCc1cccc(OCCN2CCOCC2)c1. The number of nitrogens with zero attached hydrogens (tertiary/aromatic N) is 2. The summed E-state index contributed by atoms with van der Waals surface area (Å²) in [5.74, 6) is 0.644. The van der Waals surface area contributed by atoms with Gasteiger partial charge in [0.15, 0.2) is 0 Å². The number of sulfonamides is 1. The monoisotopic (exact) mass is 493 g/mol. The predicted molar refractivity (Wildman–Crippen MR) is 127 cm³/mol. The van der Waals surface area contributed by atoms with Crippen molar-refractivity contribution in [2.75, 3.05) is 52.5 Å². The van der Waals surface area contributed by atoms with Gasteiger partial charge in [-0.05, 0) is 42.7 Å². The van der Waals surface area contributed by atoms with Gasteiger partial charge >= 0.3 is 0 Å². The molecule has 1 aromatic heterocycles. The Bertz CT molecular complexity index is 1030. The number of benzene rings is 1. The zero-order valence-corrected chi connectivity index (χ0v) is 20.3. The van der Waals surface area contributed by atoms with Crippen molar-refractivity contribution in [1.29, 1.82) is 0 Å². The maximum absolute atomic E-state index is 12.7. The third-order valence-corrected chi connectivity index (χ3v) is 9.25. The largest absolute Gasteiger partial charge is 0.492 e. The number of nitrogens with one attached hydrogen (secondary N) is 1. The Morgan fingerprint density at radius 3 is 2.67 bits per heavy atom. The van der Waals surface area contributed by atoms with E-state index in [0.717, 1.165) is 61.9 Å². The van der Waals surface area contributed by atoms with Crippen LogP contribution in [-0.4, -0.2) is 76.1 Å². The van der Waals surface area contributed by atoms with E-state index < -0.39 is 10.0 Å². The molecule has 8 nitrogen and oxygen atoms in total. The van der Waals surface area contributed by atoms with Crippen molar-refractivity contribution >= 4 is 27.3 Å².